The van der Waals surface area contributed by atoms with E-state index in [2.05, 4.69) is 23.1 Å². The van der Waals surface area contributed by atoms with Crippen molar-refractivity contribution < 1.29 is 56.1 Å². The lowest BCUT2D eigenvalue weighted by Gasteiger charge is -2.21. The van der Waals surface area contributed by atoms with Crippen LogP contribution in [0.15, 0.2) is 17.1 Å². The van der Waals surface area contributed by atoms with Gasteiger partial charge in [-0.25, -0.2) is 13.9 Å². The van der Waals surface area contributed by atoms with Crippen molar-refractivity contribution in [3.8, 4) is 0 Å². The molecular formula is C40H73N3O13P2. The molecule has 58 heavy (non-hydrogen) atoms. The lowest BCUT2D eigenvalue weighted by Crippen LogP contribution is -2.29. The minimum absolute atomic E-state index is 0.0491. The van der Waals surface area contributed by atoms with Crippen LogP contribution in [-0.2, 0) is 46.3 Å². The summed E-state index contributed by atoms with van der Waals surface area (Å²) in [4.78, 5) is 61.5. The first-order chi connectivity index (χ1) is 27.8. The summed E-state index contributed by atoms with van der Waals surface area (Å²) in [7, 11) is -10.4. The summed E-state index contributed by atoms with van der Waals surface area (Å²) in [6, 6.07) is 1.43. The molecule has 18 heteroatoms. The second kappa shape index (κ2) is 30.8. The molecule has 0 saturated carbocycles. The van der Waals surface area contributed by atoms with E-state index >= 15 is 0 Å². The molecule has 1 aromatic heterocycles. The third-order valence-corrected chi connectivity index (χ3v) is 12.6. The molecule has 1 aliphatic heterocycles. The standard InChI is InChI=1S/C40H73N3O13P2/c1-3-5-7-9-11-13-15-17-19-21-23-25-38(44)51-31-35(55-39(45)26-24-22-20-18-16-14-12-10-8-6-4-2)33-53-58(49,50)56-57(47,48)52-32-34-27-28-37(54-34)43-30-29-36(41)42-40(43)46/h29-30,34-35,37H,3-28,31-33H2,1-2H3,(H,47,48)(H,49,50)(H2,41,42,46)/t34-,35?,37+/m0/s1. The number of esters is 2. The third-order valence-electron chi connectivity index (χ3n) is 10.00. The largest absolute Gasteiger partial charge is 0.481 e. The number of aromatic nitrogens is 2. The van der Waals surface area contributed by atoms with Crippen LogP contribution in [0.4, 0.5) is 5.82 Å². The summed E-state index contributed by atoms with van der Waals surface area (Å²) in [5.41, 5.74) is 4.90. The Morgan fingerprint density at radius 1 is 0.759 bits per heavy atom. The fourth-order valence-corrected chi connectivity index (χ4v) is 8.81. The van der Waals surface area contributed by atoms with Crippen LogP contribution < -0.4 is 11.4 Å². The van der Waals surface area contributed by atoms with Gasteiger partial charge in [-0.05, 0) is 31.7 Å². The second-order valence-electron chi connectivity index (χ2n) is 15.3. The molecule has 0 radical (unpaired) electrons. The molecule has 16 nitrogen and oxygen atoms in total. The highest BCUT2D eigenvalue weighted by Crippen LogP contribution is 2.60. The Bertz CT molecular complexity index is 1430. The molecular weight excluding hydrogens is 792 g/mol. The van der Waals surface area contributed by atoms with E-state index in [0.717, 1.165) is 44.9 Å². The Balaban J connectivity index is 1.79. The van der Waals surface area contributed by atoms with Crippen molar-refractivity contribution in [2.75, 3.05) is 25.6 Å². The molecule has 336 valence electrons. The van der Waals surface area contributed by atoms with Crippen LogP contribution in [0.2, 0.25) is 0 Å². The normalized spacial score (nSPS) is 18.1. The molecule has 2 heterocycles. The average molecular weight is 866 g/mol. The molecule has 0 spiro atoms. The maximum atomic E-state index is 12.7. The first-order valence-electron chi connectivity index (χ1n) is 21.8. The molecule has 0 aromatic carbocycles. The molecule has 1 saturated heterocycles. The van der Waals surface area contributed by atoms with Gasteiger partial charge in [-0.15, -0.1) is 0 Å². The number of unbranched alkanes of at least 4 members (excludes halogenated alkanes) is 20. The smallest absolute Gasteiger partial charge is 0.462 e. The molecule has 4 N–H and O–H groups in total. The van der Waals surface area contributed by atoms with Gasteiger partial charge in [-0.1, -0.05) is 142 Å². The summed E-state index contributed by atoms with van der Waals surface area (Å²) in [5, 5.41) is 0. The van der Waals surface area contributed by atoms with Gasteiger partial charge in [-0.3, -0.25) is 23.2 Å². The number of phosphoric acid groups is 2. The van der Waals surface area contributed by atoms with E-state index in [0.29, 0.717) is 25.7 Å². The van der Waals surface area contributed by atoms with Crippen LogP contribution in [-0.4, -0.2) is 63.3 Å². The Morgan fingerprint density at radius 3 is 1.76 bits per heavy atom. The molecule has 2 rings (SSSR count). The maximum Gasteiger partial charge on any atom is 0.481 e. The van der Waals surface area contributed by atoms with Gasteiger partial charge < -0.3 is 29.7 Å². The number of hydrogen-bond donors (Lipinski definition) is 3. The van der Waals surface area contributed by atoms with E-state index in [1.54, 1.807) is 0 Å². The van der Waals surface area contributed by atoms with Crippen molar-refractivity contribution in [1.82, 2.24) is 9.55 Å². The Labute approximate surface area is 345 Å². The summed E-state index contributed by atoms with van der Waals surface area (Å²) < 4.78 is 57.4. The average Bonchev–Trinajstić information content (AvgIpc) is 3.64. The third kappa shape index (κ3) is 25.5. The number of ether oxygens (including phenoxy) is 3. The van der Waals surface area contributed by atoms with E-state index in [1.165, 1.54) is 100 Å². The first kappa shape index (κ1) is 52.0. The predicted octanol–water partition coefficient (Wildman–Crippen LogP) is 9.61. The van der Waals surface area contributed by atoms with Crippen LogP contribution in [0.25, 0.3) is 0 Å². The molecule has 0 bridgehead atoms. The molecule has 1 fully saturated rings. The minimum atomic E-state index is -5.26. The molecule has 0 aliphatic carbocycles. The summed E-state index contributed by atoms with van der Waals surface area (Å²) in [6.45, 7) is 2.70. The van der Waals surface area contributed by atoms with Crippen LogP contribution in [0.1, 0.15) is 187 Å². The SMILES string of the molecule is CCCCCCCCCCCCCC(=O)OCC(COP(=O)(O)OP(=O)(O)OC[C@@H]1CC[C@H](n2ccc(N)nc2=O)O1)OC(=O)CCCCCCCCCCCCC. The van der Waals surface area contributed by atoms with Gasteiger partial charge in [0.15, 0.2) is 6.10 Å². The number of anilines is 1. The lowest BCUT2D eigenvalue weighted by atomic mass is 10.1. The number of rotatable bonds is 36. The number of nitrogen functional groups attached to an aromatic ring is 1. The number of nitrogens with two attached hydrogens (primary N) is 1. The van der Waals surface area contributed by atoms with Gasteiger partial charge in [0.1, 0.15) is 18.7 Å². The fraction of sp³-hybridized carbons (Fsp3) is 0.850. The van der Waals surface area contributed by atoms with Crippen molar-refractivity contribution in [2.45, 2.75) is 199 Å². The van der Waals surface area contributed by atoms with E-state index in [1.807, 2.05) is 0 Å². The topological polar surface area (TPSA) is 225 Å². The number of hydrogen-bond acceptors (Lipinski definition) is 13. The van der Waals surface area contributed by atoms with Gasteiger partial charge in [0.05, 0.1) is 19.3 Å². The van der Waals surface area contributed by atoms with Crippen molar-refractivity contribution in [1.29, 1.82) is 0 Å². The minimum Gasteiger partial charge on any atom is -0.462 e. The summed E-state index contributed by atoms with van der Waals surface area (Å²) >= 11 is 0. The van der Waals surface area contributed by atoms with Gasteiger partial charge in [-0.2, -0.15) is 9.29 Å². The molecule has 3 unspecified atom stereocenters. The summed E-state index contributed by atoms with van der Waals surface area (Å²) in [6.07, 6.45) is 24.3. The molecule has 0 amide bonds. The van der Waals surface area contributed by atoms with Gasteiger partial charge in [0.2, 0.25) is 0 Å². The maximum absolute atomic E-state index is 12.7. The van der Waals surface area contributed by atoms with Crippen molar-refractivity contribution >= 4 is 33.4 Å². The molecule has 5 atom stereocenters. The number of phosphoric ester groups is 2. The zero-order valence-electron chi connectivity index (χ0n) is 35.1. The van der Waals surface area contributed by atoms with E-state index < -0.39 is 71.5 Å². The number of carbonyl (C=O) groups is 2. The first-order valence-corrected chi connectivity index (χ1v) is 24.8. The van der Waals surface area contributed by atoms with Crippen LogP contribution >= 0.6 is 15.6 Å². The predicted molar refractivity (Wildman–Crippen MR) is 222 cm³/mol. The lowest BCUT2D eigenvalue weighted by molar-refractivity contribution is -0.161. The number of nitrogens with zero attached hydrogens (tertiary/aromatic N) is 2. The van der Waals surface area contributed by atoms with Gasteiger partial charge in [0.25, 0.3) is 0 Å². The second-order valence-corrected chi connectivity index (χ2v) is 18.4. The zero-order chi connectivity index (χ0) is 42.5. The molecule has 1 aliphatic rings. The highest BCUT2D eigenvalue weighted by Gasteiger charge is 2.38. The Kier molecular flexibility index (Phi) is 27.6. The highest BCUT2D eigenvalue weighted by atomic mass is 31.3. The van der Waals surface area contributed by atoms with Crippen molar-refractivity contribution in [3.63, 3.8) is 0 Å². The zero-order valence-corrected chi connectivity index (χ0v) is 36.9. The number of carbonyl (C=O) groups excluding carboxylic acids is 2. The van der Waals surface area contributed by atoms with Crippen LogP contribution in [0, 0.1) is 0 Å². The van der Waals surface area contributed by atoms with E-state index in [4.69, 9.17) is 29.0 Å². The quantitative estimate of drug-likeness (QED) is 0.0324. The fourth-order valence-electron chi connectivity index (χ4n) is 6.68. The monoisotopic (exact) mass is 865 g/mol. The Hall–Kier alpha value is -2.16. The molecule has 1 aromatic rings. The Morgan fingerprint density at radius 2 is 1.24 bits per heavy atom. The van der Waals surface area contributed by atoms with Gasteiger partial charge >= 0.3 is 33.3 Å². The van der Waals surface area contributed by atoms with Crippen molar-refractivity contribution in [2.24, 2.45) is 0 Å². The van der Waals surface area contributed by atoms with E-state index in [9.17, 15) is 33.3 Å². The van der Waals surface area contributed by atoms with Crippen molar-refractivity contribution in [3.05, 3.63) is 22.7 Å². The summed E-state index contributed by atoms with van der Waals surface area (Å²) in [5.74, 6) is -1.05. The van der Waals surface area contributed by atoms with E-state index in [-0.39, 0.29) is 18.7 Å². The van der Waals surface area contributed by atoms with Crippen LogP contribution in [0.3, 0.4) is 0 Å². The van der Waals surface area contributed by atoms with Crippen LogP contribution in [0.5, 0.6) is 0 Å². The van der Waals surface area contributed by atoms with Gasteiger partial charge in [0, 0.05) is 19.0 Å². The highest BCUT2D eigenvalue weighted by molar-refractivity contribution is 7.61.